The summed E-state index contributed by atoms with van der Waals surface area (Å²) < 4.78 is 5.91. The highest BCUT2D eigenvalue weighted by atomic mass is 16.5. The van der Waals surface area contributed by atoms with Gasteiger partial charge < -0.3 is 9.64 Å². The van der Waals surface area contributed by atoms with Crippen LogP contribution < -0.4 is 4.74 Å². The standard InChI is InChI=1S/C24H25N3O2/c28-24(27-15-12-21(13-16-27)29-23-11-14-25-18-26-23)17-22(19-7-3-1-4-8-19)20-9-5-2-6-10-20/h1-11,14,18,21-22H,12-13,15-17H2. The van der Waals surface area contributed by atoms with Crippen LogP contribution >= 0.6 is 0 Å². The van der Waals surface area contributed by atoms with Crippen molar-refractivity contribution >= 4 is 5.91 Å². The molecule has 0 bridgehead atoms. The Hall–Kier alpha value is -3.21. The van der Waals surface area contributed by atoms with Gasteiger partial charge in [0.05, 0.1) is 0 Å². The molecule has 1 amide bonds. The number of hydrogen-bond donors (Lipinski definition) is 0. The van der Waals surface area contributed by atoms with Gasteiger partial charge >= 0.3 is 0 Å². The number of carbonyl (C=O) groups excluding carboxylic acids is 1. The molecule has 1 aliphatic heterocycles. The first kappa shape index (κ1) is 19.1. The zero-order valence-corrected chi connectivity index (χ0v) is 16.4. The number of rotatable bonds is 6. The monoisotopic (exact) mass is 387 g/mol. The van der Waals surface area contributed by atoms with Crippen molar-refractivity contribution in [2.24, 2.45) is 0 Å². The molecule has 29 heavy (non-hydrogen) atoms. The van der Waals surface area contributed by atoms with Gasteiger partial charge in [-0.05, 0) is 11.1 Å². The molecule has 1 aromatic heterocycles. The predicted molar refractivity (Wildman–Crippen MR) is 112 cm³/mol. The van der Waals surface area contributed by atoms with Crippen molar-refractivity contribution in [3.8, 4) is 5.88 Å². The van der Waals surface area contributed by atoms with Gasteiger partial charge in [0.15, 0.2) is 0 Å². The van der Waals surface area contributed by atoms with Crippen molar-refractivity contribution < 1.29 is 9.53 Å². The first-order valence-electron chi connectivity index (χ1n) is 10.1. The zero-order chi connectivity index (χ0) is 19.9. The molecule has 4 rings (SSSR count). The fraction of sp³-hybridized carbons (Fsp3) is 0.292. The van der Waals surface area contributed by atoms with Crippen LogP contribution in [0.3, 0.4) is 0 Å². The first-order chi connectivity index (χ1) is 14.3. The molecule has 0 atom stereocenters. The lowest BCUT2D eigenvalue weighted by atomic mass is 9.88. The molecule has 0 aliphatic carbocycles. The molecule has 1 fully saturated rings. The fourth-order valence-electron chi connectivity index (χ4n) is 3.84. The van der Waals surface area contributed by atoms with Crippen LogP contribution in [-0.4, -0.2) is 40.0 Å². The van der Waals surface area contributed by atoms with Crippen LogP contribution in [-0.2, 0) is 4.79 Å². The number of likely N-dealkylation sites (tertiary alicyclic amines) is 1. The van der Waals surface area contributed by atoms with E-state index in [0.717, 1.165) is 12.8 Å². The SMILES string of the molecule is O=C(CC(c1ccccc1)c1ccccc1)N1CCC(Oc2ccncn2)CC1. The Kier molecular flexibility index (Phi) is 6.15. The number of nitrogens with zero attached hydrogens (tertiary/aromatic N) is 3. The average Bonchev–Trinajstić information content (AvgIpc) is 2.80. The summed E-state index contributed by atoms with van der Waals surface area (Å²) in [5.74, 6) is 0.862. The fourth-order valence-corrected chi connectivity index (χ4v) is 3.84. The summed E-state index contributed by atoms with van der Waals surface area (Å²) in [6.07, 6.45) is 5.36. The highest BCUT2D eigenvalue weighted by Crippen LogP contribution is 2.29. The summed E-state index contributed by atoms with van der Waals surface area (Å²) in [7, 11) is 0. The molecule has 0 unspecified atom stereocenters. The third kappa shape index (κ3) is 4.99. The van der Waals surface area contributed by atoms with E-state index in [2.05, 4.69) is 34.2 Å². The highest BCUT2D eigenvalue weighted by molar-refractivity contribution is 5.78. The summed E-state index contributed by atoms with van der Waals surface area (Å²) in [4.78, 5) is 23.1. The molecule has 0 radical (unpaired) electrons. The van der Waals surface area contributed by atoms with Gasteiger partial charge in [-0.25, -0.2) is 9.97 Å². The van der Waals surface area contributed by atoms with Crippen molar-refractivity contribution in [1.29, 1.82) is 0 Å². The van der Waals surface area contributed by atoms with E-state index in [9.17, 15) is 4.79 Å². The third-order valence-electron chi connectivity index (χ3n) is 5.42. The predicted octanol–water partition coefficient (Wildman–Crippen LogP) is 4.07. The molecular formula is C24H25N3O2. The van der Waals surface area contributed by atoms with Gasteiger partial charge in [-0.2, -0.15) is 0 Å². The molecule has 0 saturated carbocycles. The second-order valence-electron chi connectivity index (χ2n) is 7.32. The summed E-state index contributed by atoms with van der Waals surface area (Å²) in [5, 5.41) is 0. The van der Waals surface area contributed by atoms with E-state index in [1.165, 1.54) is 17.5 Å². The molecule has 5 heteroatoms. The van der Waals surface area contributed by atoms with Crippen LogP contribution in [0.1, 0.15) is 36.3 Å². The summed E-state index contributed by atoms with van der Waals surface area (Å²) >= 11 is 0. The van der Waals surface area contributed by atoms with E-state index < -0.39 is 0 Å². The van der Waals surface area contributed by atoms with Gasteiger partial charge in [0.25, 0.3) is 0 Å². The van der Waals surface area contributed by atoms with E-state index >= 15 is 0 Å². The Labute approximate surface area is 171 Å². The minimum Gasteiger partial charge on any atom is -0.474 e. The molecule has 3 aromatic rings. The van der Waals surface area contributed by atoms with Gasteiger partial charge in [-0.15, -0.1) is 0 Å². The topological polar surface area (TPSA) is 55.3 Å². The summed E-state index contributed by atoms with van der Waals surface area (Å²) in [6.45, 7) is 1.43. The molecule has 1 aliphatic rings. The van der Waals surface area contributed by atoms with Crippen LogP contribution in [0.25, 0.3) is 0 Å². The van der Waals surface area contributed by atoms with Crippen LogP contribution in [0.2, 0.25) is 0 Å². The number of amides is 1. The molecule has 1 saturated heterocycles. The van der Waals surface area contributed by atoms with Crippen LogP contribution in [0.4, 0.5) is 0 Å². The number of ether oxygens (including phenoxy) is 1. The summed E-state index contributed by atoms with van der Waals surface area (Å²) in [5.41, 5.74) is 2.35. The van der Waals surface area contributed by atoms with Crippen LogP contribution in [0, 0.1) is 0 Å². The number of benzene rings is 2. The number of carbonyl (C=O) groups is 1. The van der Waals surface area contributed by atoms with Crippen molar-refractivity contribution in [2.45, 2.75) is 31.3 Å². The largest absolute Gasteiger partial charge is 0.474 e. The van der Waals surface area contributed by atoms with Crippen molar-refractivity contribution in [3.63, 3.8) is 0 Å². The number of piperidine rings is 1. The van der Waals surface area contributed by atoms with Gasteiger partial charge in [-0.3, -0.25) is 4.79 Å². The van der Waals surface area contributed by atoms with Gasteiger partial charge in [0.2, 0.25) is 11.8 Å². The van der Waals surface area contributed by atoms with Gasteiger partial charge in [-0.1, -0.05) is 60.7 Å². The molecule has 148 valence electrons. The first-order valence-corrected chi connectivity index (χ1v) is 10.1. The maximum atomic E-state index is 13.1. The van der Waals surface area contributed by atoms with Gasteiger partial charge in [0, 0.05) is 50.5 Å². The lowest BCUT2D eigenvalue weighted by Crippen LogP contribution is -2.42. The van der Waals surface area contributed by atoms with Crippen molar-refractivity contribution in [3.05, 3.63) is 90.4 Å². The van der Waals surface area contributed by atoms with Crippen LogP contribution in [0.15, 0.2) is 79.3 Å². The van der Waals surface area contributed by atoms with Crippen LogP contribution in [0.5, 0.6) is 5.88 Å². The third-order valence-corrected chi connectivity index (χ3v) is 5.42. The van der Waals surface area contributed by atoms with Gasteiger partial charge in [0.1, 0.15) is 12.4 Å². The van der Waals surface area contributed by atoms with E-state index in [0.29, 0.717) is 25.4 Å². The van der Waals surface area contributed by atoms with E-state index in [4.69, 9.17) is 4.74 Å². The van der Waals surface area contributed by atoms with E-state index in [1.807, 2.05) is 41.3 Å². The number of hydrogen-bond acceptors (Lipinski definition) is 4. The normalized spacial score (nSPS) is 14.7. The van der Waals surface area contributed by atoms with E-state index in [1.54, 1.807) is 12.3 Å². The minimum atomic E-state index is 0.0693. The number of aromatic nitrogens is 2. The second kappa shape index (κ2) is 9.32. The van der Waals surface area contributed by atoms with Crippen molar-refractivity contribution in [1.82, 2.24) is 14.9 Å². The molecule has 0 N–H and O–H groups in total. The Morgan fingerprint density at radius 2 is 1.59 bits per heavy atom. The zero-order valence-electron chi connectivity index (χ0n) is 16.4. The molecule has 5 nitrogen and oxygen atoms in total. The average molecular weight is 387 g/mol. The molecule has 2 heterocycles. The Morgan fingerprint density at radius 1 is 0.966 bits per heavy atom. The quantitative estimate of drug-likeness (QED) is 0.640. The second-order valence-corrected chi connectivity index (χ2v) is 7.32. The Balaban J connectivity index is 1.39. The lowest BCUT2D eigenvalue weighted by molar-refractivity contribution is -0.133. The molecule has 0 spiro atoms. The molecular weight excluding hydrogens is 362 g/mol. The lowest BCUT2D eigenvalue weighted by Gasteiger charge is -2.33. The smallest absolute Gasteiger partial charge is 0.223 e. The maximum absolute atomic E-state index is 13.1. The Morgan fingerprint density at radius 3 is 2.14 bits per heavy atom. The maximum Gasteiger partial charge on any atom is 0.223 e. The van der Waals surface area contributed by atoms with E-state index in [-0.39, 0.29) is 17.9 Å². The molecule has 2 aromatic carbocycles. The summed E-state index contributed by atoms with van der Waals surface area (Å²) in [6, 6.07) is 22.3. The van der Waals surface area contributed by atoms with Crippen molar-refractivity contribution in [2.75, 3.05) is 13.1 Å². The highest BCUT2D eigenvalue weighted by Gasteiger charge is 2.27. The minimum absolute atomic E-state index is 0.0693. The Bertz CT molecular complexity index is 856.